The van der Waals surface area contributed by atoms with Crippen molar-refractivity contribution in [1.82, 2.24) is 5.32 Å². The van der Waals surface area contributed by atoms with Gasteiger partial charge in [0.05, 0.1) is 0 Å². The van der Waals surface area contributed by atoms with Crippen LogP contribution in [0.15, 0.2) is 0 Å². The molecule has 0 saturated carbocycles. The zero-order valence-corrected chi connectivity index (χ0v) is 10.8. The molecule has 2 heterocycles. The lowest BCUT2D eigenvalue weighted by molar-refractivity contribution is 0.476. The highest BCUT2D eigenvalue weighted by Crippen LogP contribution is 2.37. The van der Waals surface area contributed by atoms with E-state index in [0.29, 0.717) is 4.75 Å². The molecule has 2 saturated heterocycles. The van der Waals surface area contributed by atoms with E-state index in [-0.39, 0.29) is 0 Å². The second-order valence-electron chi connectivity index (χ2n) is 4.86. The van der Waals surface area contributed by atoms with Crippen LogP contribution in [0.25, 0.3) is 0 Å². The minimum Gasteiger partial charge on any atom is -0.312 e. The van der Waals surface area contributed by atoms with Gasteiger partial charge in [0.25, 0.3) is 0 Å². The summed E-state index contributed by atoms with van der Waals surface area (Å²) >= 11 is 4.28. The summed E-state index contributed by atoms with van der Waals surface area (Å²) in [5, 5.41) is 4.62. The van der Waals surface area contributed by atoms with Crippen LogP contribution in [0.2, 0.25) is 0 Å². The zero-order chi connectivity index (χ0) is 10.0. The summed E-state index contributed by atoms with van der Waals surface area (Å²) in [6.07, 6.45) is 4.18. The Balaban J connectivity index is 1.71. The molecular formula is C11H21NS2. The van der Waals surface area contributed by atoms with Crippen molar-refractivity contribution in [2.45, 2.75) is 49.1 Å². The maximum absolute atomic E-state index is 3.75. The molecule has 3 heteroatoms. The fraction of sp³-hybridized carbons (Fsp3) is 1.00. The second-order valence-corrected chi connectivity index (χ2v) is 8.01. The molecule has 0 radical (unpaired) electrons. The van der Waals surface area contributed by atoms with Crippen molar-refractivity contribution in [3.8, 4) is 0 Å². The van der Waals surface area contributed by atoms with Crippen molar-refractivity contribution in [3.63, 3.8) is 0 Å². The van der Waals surface area contributed by atoms with Crippen LogP contribution >= 0.6 is 23.5 Å². The first-order valence-corrected chi connectivity index (χ1v) is 7.70. The minimum absolute atomic E-state index is 0.538. The molecule has 0 amide bonds. The normalized spacial score (nSPS) is 43.3. The van der Waals surface area contributed by atoms with Crippen molar-refractivity contribution >= 4 is 23.5 Å². The lowest BCUT2D eigenvalue weighted by Gasteiger charge is -2.25. The standard InChI is InChI=1S/C11H21NS2/c1-9-6-10(7-13-9)12-8-11(2)4-3-5-14-11/h9-10,12H,3-8H2,1-2H3. The van der Waals surface area contributed by atoms with Gasteiger partial charge in [-0.1, -0.05) is 6.92 Å². The maximum Gasteiger partial charge on any atom is 0.0256 e. The number of rotatable bonds is 3. The Kier molecular flexibility index (Phi) is 3.72. The fourth-order valence-corrected chi connectivity index (χ4v) is 4.73. The van der Waals surface area contributed by atoms with Gasteiger partial charge < -0.3 is 5.32 Å². The predicted octanol–water partition coefficient (Wildman–Crippen LogP) is 2.76. The largest absolute Gasteiger partial charge is 0.312 e. The molecular weight excluding hydrogens is 210 g/mol. The molecule has 0 aromatic rings. The van der Waals surface area contributed by atoms with E-state index in [1.165, 1.54) is 37.3 Å². The molecule has 3 unspecified atom stereocenters. The molecule has 14 heavy (non-hydrogen) atoms. The summed E-state index contributed by atoms with van der Waals surface area (Å²) in [4.78, 5) is 0. The second kappa shape index (κ2) is 4.67. The van der Waals surface area contributed by atoms with Crippen LogP contribution in [0.1, 0.15) is 33.1 Å². The summed E-state index contributed by atoms with van der Waals surface area (Å²) in [6, 6.07) is 0.785. The highest BCUT2D eigenvalue weighted by Gasteiger charge is 2.31. The zero-order valence-electron chi connectivity index (χ0n) is 9.21. The average molecular weight is 231 g/mol. The highest BCUT2D eigenvalue weighted by molar-refractivity contribution is 8.01. The smallest absolute Gasteiger partial charge is 0.0256 e. The molecule has 0 aromatic heterocycles. The molecule has 1 nitrogen and oxygen atoms in total. The van der Waals surface area contributed by atoms with Crippen LogP contribution in [-0.2, 0) is 0 Å². The molecule has 2 aliphatic heterocycles. The first kappa shape index (κ1) is 11.2. The van der Waals surface area contributed by atoms with Crippen molar-refractivity contribution in [2.75, 3.05) is 18.1 Å². The Labute approximate surface area is 96.2 Å². The van der Waals surface area contributed by atoms with E-state index in [9.17, 15) is 0 Å². The summed E-state index contributed by atoms with van der Waals surface area (Å²) in [5.41, 5.74) is 0. The summed E-state index contributed by atoms with van der Waals surface area (Å²) < 4.78 is 0.538. The van der Waals surface area contributed by atoms with Gasteiger partial charge in [-0.2, -0.15) is 23.5 Å². The number of nitrogens with one attached hydrogen (secondary N) is 1. The van der Waals surface area contributed by atoms with E-state index in [1.807, 2.05) is 0 Å². The van der Waals surface area contributed by atoms with E-state index in [0.717, 1.165) is 11.3 Å². The predicted molar refractivity (Wildman–Crippen MR) is 68.4 cm³/mol. The number of thioether (sulfide) groups is 2. The average Bonchev–Trinajstić information content (AvgIpc) is 2.73. The van der Waals surface area contributed by atoms with E-state index < -0.39 is 0 Å². The van der Waals surface area contributed by atoms with Gasteiger partial charge >= 0.3 is 0 Å². The third kappa shape index (κ3) is 2.83. The van der Waals surface area contributed by atoms with E-state index in [2.05, 4.69) is 42.7 Å². The monoisotopic (exact) mass is 231 g/mol. The van der Waals surface area contributed by atoms with Crippen LogP contribution in [0.4, 0.5) is 0 Å². The van der Waals surface area contributed by atoms with Gasteiger partial charge in [0.15, 0.2) is 0 Å². The summed E-state index contributed by atoms with van der Waals surface area (Å²) in [6.45, 7) is 5.98. The van der Waals surface area contributed by atoms with Crippen molar-refractivity contribution in [2.24, 2.45) is 0 Å². The molecule has 2 rings (SSSR count). The van der Waals surface area contributed by atoms with Gasteiger partial charge in [0, 0.05) is 28.3 Å². The Hall–Kier alpha value is 0.660. The molecule has 2 aliphatic rings. The van der Waals surface area contributed by atoms with Crippen LogP contribution < -0.4 is 5.32 Å². The molecule has 1 N–H and O–H groups in total. The number of hydrogen-bond donors (Lipinski definition) is 1. The molecule has 82 valence electrons. The van der Waals surface area contributed by atoms with E-state index >= 15 is 0 Å². The van der Waals surface area contributed by atoms with Crippen LogP contribution in [-0.4, -0.2) is 34.1 Å². The van der Waals surface area contributed by atoms with Crippen molar-refractivity contribution in [3.05, 3.63) is 0 Å². The van der Waals surface area contributed by atoms with Crippen LogP contribution in [0, 0.1) is 0 Å². The topological polar surface area (TPSA) is 12.0 Å². The van der Waals surface area contributed by atoms with Gasteiger partial charge in [-0.3, -0.25) is 0 Å². The Bertz CT molecular complexity index is 190. The third-order valence-electron chi connectivity index (χ3n) is 3.26. The molecule has 0 aromatic carbocycles. The molecule has 0 bridgehead atoms. The van der Waals surface area contributed by atoms with E-state index in [1.54, 1.807) is 0 Å². The Morgan fingerprint density at radius 1 is 1.50 bits per heavy atom. The Morgan fingerprint density at radius 3 is 2.93 bits per heavy atom. The van der Waals surface area contributed by atoms with Crippen LogP contribution in [0.3, 0.4) is 0 Å². The third-order valence-corrected chi connectivity index (χ3v) is 6.16. The van der Waals surface area contributed by atoms with Crippen molar-refractivity contribution < 1.29 is 0 Å². The van der Waals surface area contributed by atoms with E-state index in [4.69, 9.17) is 0 Å². The minimum atomic E-state index is 0.538. The summed E-state index contributed by atoms with van der Waals surface area (Å²) in [5.74, 6) is 2.69. The fourth-order valence-electron chi connectivity index (χ4n) is 2.30. The van der Waals surface area contributed by atoms with Gasteiger partial charge in [0.1, 0.15) is 0 Å². The van der Waals surface area contributed by atoms with Crippen molar-refractivity contribution in [1.29, 1.82) is 0 Å². The maximum atomic E-state index is 3.75. The molecule has 0 spiro atoms. The van der Waals surface area contributed by atoms with Gasteiger partial charge in [-0.15, -0.1) is 0 Å². The number of hydrogen-bond acceptors (Lipinski definition) is 3. The van der Waals surface area contributed by atoms with Gasteiger partial charge in [-0.05, 0) is 31.9 Å². The lowest BCUT2D eigenvalue weighted by atomic mass is 10.0. The lowest BCUT2D eigenvalue weighted by Crippen LogP contribution is -2.39. The van der Waals surface area contributed by atoms with Gasteiger partial charge in [0.2, 0.25) is 0 Å². The molecule has 2 fully saturated rings. The first-order chi connectivity index (χ1) is 6.68. The SMILES string of the molecule is CC1CC(NCC2(C)CCCS2)CS1. The molecule has 3 atom stereocenters. The molecule has 0 aliphatic carbocycles. The quantitative estimate of drug-likeness (QED) is 0.802. The summed E-state index contributed by atoms with van der Waals surface area (Å²) in [7, 11) is 0. The Morgan fingerprint density at radius 2 is 2.36 bits per heavy atom. The van der Waals surface area contributed by atoms with Gasteiger partial charge in [-0.25, -0.2) is 0 Å². The van der Waals surface area contributed by atoms with Crippen LogP contribution in [0.5, 0.6) is 0 Å². The highest BCUT2D eigenvalue weighted by atomic mass is 32.2. The first-order valence-electron chi connectivity index (χ1n) is 5.67.